The van der Waals surface area contributed by atoms with E-state index in [1.165, 1.54) is 24.4 Å². The molecule has 2 amide bonds. The third-order valence-electron chi connectivity index (χ3n) is 4.79. The molecule has 0 saturated heterocycles. The Hall–Kier alpha value is -4.07. The zero-order valence-corrected chi connectivity index (χ0v) is 15.7. The van der Waals surface area contributed by atoms with Gasteiger partial charge in [-0.05, 0) is 35.9 Å². The lowest BCUT2D eigenvalue weighted by Gasteiger charge is -2.23. The third-order valence-corrected chi connectivity index (χ3v) is 4.79. The van der Waals surface area contributed by atoms with Gasteiger partial charge in [0.05, 0.1) is 27.7 Å². The van der Waals surface area contributed by atoms with Crippen LogP contribution in [0.4, 0.5) is 11.4 Å². The van der Waals surface area contributed by atoms with Crippen LogP contribution < -0.4 is 4.90 Å². The first kappa shape index (κ1) is 18.3. The van der Waals surface area contributed by atoms with Gasteiger partial charge in [-0.25, -0.2) is 0 Å². The predicted molar refractivity (Wildman–Crippen MR) is 109 cm³/mol. The van der Waals surface area contributed by atoms with Crippen molar-refractivity contribution < 1.29 is 14.5 Å². The molecule has 0 saturated carbocycles. The Morgan fingerprint density at radius 1 is 0.966 bits per heavy atom. The van der Waals surface area contributed by atoms with Gasteiger partial charge in [0.15, 0.2) is 0 Å². The monoisotopic (exact) mass is 388 g/mol. The van der Waals surface area contributed by atoms with Crippen molar-refractivity contribution in [1.29, 1.82) is 0 Å². The number of imide groups is 1. The molecule has 0 bridgehead atoms. The van der Waals surface area contributed by atoms with Gasteiger partial charge < -0.3 is 4.90 Å². The summed E-state index contributed by atoms with van der Waals surface area (Å²) in [6, 6.07) is 14.7. The summed E-state index contributed by atoms with van der Waals surface area (Å²) in [6.45, 7) is 0. The van der Waals surface area contributed by atoms with Crippen molar-refractivity contribution in [3.05, 3.63) is 81.4 Å². The maximum atomic E-state index is 12.9. The molecule has 144 valence electrons. The summed E-state index contributed by atoms with van der Waals surface area (Å²) < 4.78 is 0. The Labute approximate surface area is 165 Å². The van der Waals surface area contributed by atoms with Gasteiger partial charge in [0.25, 0.3) is 17.5 Å². The fraction of sp³-hybridized carbons (Fsp3) is 0.0952. The first-order chi connectivity index (χ1) is 13.9. The van der Waals surface area contributed by atoms with E-state index in [0.29, 0.717) is 5.39 Å². The molecule has 0 radical (unpaired) electrons. The molecule has 0 N–H and O–H groups in total. The summed E-state index contributed by atoms with van der Waals surface area (Å²) in [5.41, 5.74) is 2.00. The first-order valence-electron chi connectivity index (χ1n) is 8.79. The molecule has 4 rings (SSSR count). The molecular formula is C21H16N4O4. The van der Waals surface area contributed by atoms with E-state index < -0.39 is 16.7 Å². The van der Waals surface area contributed by atoms with Crippen LogP contribution in [0.1, 0.15) is 26.3 Å². The highest BCUT2D eigenvalue weighted by Crippen LogP contribution is 2.35. The summed E-state index contributed by atoms with van der Waals surface area (Å²) in [6.07, 6.45) is 1.44. The van der Waals surface area contributed by atoms with Crippen molar-refractivity contribution in [2.24, 2.45) is 5.10 Å². The number of hydrogen-bond donors (Lipinski definition) is 0. The number of nitrogens with zero attached hydrogens (tertiary/aromatic N) is 4. The average Bonchev–Trinajstić information content (AvgIpc) is 2.71. The van der Waals surface area contributed by atoms with Crippen molar-refractivity contribution in [2.45, 2.75) is 0 Å². The lowest BCUT2D eigenvalue weighted by molar-refractivity contribution is -0.383. The minimum atomic E-state index is -0.616. The summed E-state index contributed by atoms with van der Waals surface area (Å²) in [7, 11) is 3.85. The molecule has 3 aromatic carbocycles. The SMILES string of the molecule is CN(C)c1ccc(/C=N\N2C(=O)c3cccc4c([N+](=O)[O-])ccc(c34)C2=O)cc1. The lowest BCUT2D eigenvalue weighted by Crippen LogP contribution is -2.36. The number of non-ortho nitro benzene ring substituents is 1. The second-order valence-corrected chi connectivity index (χ2v) is 6.77. The van der Waals surface area contributed by atoms with Crippen LogP contribution in [0.2, 0.25) is 0 Å². The van der Waals surface area contributed by atoms with Gasteiger partial charge in [-0.3, -0.25) is 19.7 Å². The molecule has 0 unspecified atom stereocenters. The Balaban J connectivity index is 1.74. The Kier molecular flexibility index (Phi) is 4.31. The van der Waals surface area contributed by atoms with Crippen molar-refractivity contribution in [2.75, 3.05) is 19.0 Å². The molecule has 0 aromatic heterocycles. The highest BCUT2D eigenvalue weighted by atomic mass is 16.6. The summed E-state index contributed by atoms with van der Waals surface area (Å²) in [5, 5.41) is 16.7. The zero-order valence-electron chi connectivity index (χ0n) is 15.7. The quantitative estimate of drug-likeness (QED) is 0.295. The van der Waals surface area contributed by atoms with E-state index in [4.69, 9.17) is 0 Å². The summed E-state index contributed by atoms with van der Waals surface area (Å²) in [4.78, 5) is 38.5. The van der Waals surface area contributed by atoms with E-state index in [2.05, 4.69) is 5.10 Å². The fourth-order valence-electron chi connectivity index (χ4n) is 3.32. The van der Waals surface area contributed by atoms with E-state index in [-0.39, 0.29) is 22.2 Å². The molecule has 3 aromatic rings. The van der Waals surface area contributed by atoms with Crippen molar-refractivity contribution in [3.8, 4) is 0 Å². The molecule has 8 nitrogen and oxygen atoms in total. The molecule has 0 atom stereocenters. The summed E-state index contributed by atoms with van der Waals surface area (Å²) in [5.74, 6) is -1.23. The third kappa shape index (κ3) is 3.00. The van der Waals surface area contributed by atoms with E-state index in [0.717, 1.165) is 16.3 Å². The fourth-order valence-corrected chi connectivity index (χ4v) is 3.32. The highest BCUT2D eigenvalue weighted by Gasteiger charge is 2.34. The van der Waals surface area contributed by atoms with Gasteiger partial charge in [0.2, 0.25) is 0 Å². The average molecular weight is 388 g/mol. The van der Waals surface area contributed by atoms with Gasteiger partial charge in [0, 0.05) is 31.2 Å². The number of benzene rings is 3. The Morgan fingerprint density at radius 2 is 1.62 bits per heavy atom. The number of hydrogen-bond acceptors (Lipinski definition) is 6. The van der Waals surface area contributed by atoms with Crippen LogP contribution in [0.5, 0.6) is 0 Å². The van der Waals surface area contributed by atoms with Gasteiger partial charge in [0.1, 0.15) is 0 Å². The molecule has 0 spiro atoms. The Morgan fingerprint density at radius 3 is 2.24 bits per heavy atom. The van der Waals surface area contributed by atoms with Crippen LogP contribution >= 0.6 is 0 Å². The zero-order chi connectivity index (χ0) is 20.7. The van der Waals surface area contributed by atoms with Crippen LogP contribution in [0, 0.1) is 10.1 Å². The molecule has 0 aliphatic carbocycles. The van der Waals surface area contributed by atoms with E-state index in [9.17, 15) is 19.7 Å². The number of hydrazone groups is 1. The molecule has 29 heavy (non-hydrogen) atoms. The second kappa shape index (κ2) is 6.83. The van der Waals surface area contributed by atoms with Crippen LogP contribution in [-0.2, 0) is 0 Å². The largest absolute Gasteiger partial charge is 0.378 e. The minimum Gasteiger partial charge on any atom is -0.378 e. The molecule has 1 aliphatic heterocycles. The molecule has 0 fully saturated rings. The first-order valence-corrected chi connectivity index (χ1v) is 8.79. The topological polar surface area (TPSA) is 96.1 Å². The number of carbonyl (C=O) groups is 2. The second-order valence-electron chi connectivity index (χ2n) is 6.77. The standard InChI is InChI=1S/C21H16N4O4/c1-23(2)14-8-6-13(7-9-14)12-22-24-20(26)16-5-3-4-15-18(25(28)29)11-10-17(19(15)16)21(24)27/h3-12H,1-2H3/b22-12-. The maximum absolute atomic E-state index is 12.9. The summed E-state index contributed by atoms with van der Waals surface area (Å²) >= 11 is 0. The predicted octanol–water partition coefficient (Wildman–Crippen LogP) is 3.44. The van der Waals surface area contributed by atoms with Gasteiger partial charge in [-0.2, -0.15) is 10.1 Å². The van der Waals surface area contributed by atoms with E-state index in [1.807, 2.05) is 43.3 Å². The number of carbonyl (C=O) groups excluding carboxylic acids is 2. The number of rotatable bonds is 4. The molecular weight excluding hydrogens is 372 g/mol. The van der Waals surface area contributed by atoms with Crippen LogP contribution in [-0.4, -0.2) is 42.1 Å². The number of anilines is 1. The maximum Gasteiger partial charge on any atom is 0.282 e. The van der Waals surface area contributed by atoms with Crippen LogP contribution in [0.3, 0.4) is 0 Å². The van der Waals surface area contributed by atoms with E-state index >= 15 is 0 Å². The Bertz CT molecular complexity index is 1180. The molecule has 8 heteroatoms. The van der Waals surface area contributed by atoms with Crippen molar-refractivity contribution in [1.82, 2.24) is 5.01 Å². The van der Waals surface area contributed by atoms with Gasteiger partial charge in [-0.15, -0.1) is 0 Å². The minimum absolute atomic E-state index is 0.149. The van der Waals surface area contributed by atoms with Crippen LogP contribution in [0.15, 0.2) is 59.7 Å². The van der Waals surface area contributed by atoms with Crippen molar-refractivity contribution in [3.63, 3.8) is 0 Å². The van der Waals surface area contributed by atoms with Gasteiger partial charge in [-0.1, -0.05) is 18.2 Å². The smallest absolute Gasteiger partial charge is 0.282 e. The van der Waals surface area contributed by atoms with Crippen molar-refractivity contribution >= 4 is 40.2 Å². The normalized spacial score (nSPS) is 13.4. The van der Waals surface area contributed by atoms with Crippen LogP contribution in [0.25, 0.3) is 10.8 Å². The number of amides is 2. The molecule has 1 heterocycles. The number of nitro benzene ring substituents is 1. The number of nitro groups is 1. The lowest BCUT2D eigenvalue weighted by atomic mass is 9.94. The molecule has 1 aliphatic rings. The van der Waals surface area contributed by atoms with Gasteiger partial charge >= 0.3 is 0 Å². The highest BCUT2D eigenvalue weighted by molar-refractivity contribution is 6.26. The van der Waals surface area contributed by atoms with E-state index in [1.54, 1.807) is 12.1 Å².